The summed E-state index contributed by atoms with van der Waals surface area (Å²) >= 11 is 0. The van der Waals surface area contributed by atoms with Crippen LogP contribution in [0.5, 0.6) is 5.75 Å². The van der Waals surface area contributed by atoms with Crippen LogP contribution in [0, 0.1) is 0 Å². The SMILES string of the molecule is CCCCCCCCCc1ccc(OCCOCCOCCOCCOCCOCCOCCOCCOCCOCCOC(C)C)cc1. The van der Waals surface area contributed by atoms with Crippen molar-refractivity contribution in [1.82, 2.24) is 0 Å². The Morgan fingerprint density at radius 1 is 0.388 bits per heavy atom. The van der Waals surface area contributed by atoms with Crippen molar-refractivity contribution in [3.05, 3.63) is 29.8 Å². The summed E-state index contributed by atoms with van der Waals surface area (Å²) in [6, 6.07) is 8.46. The zero-order chi connectivity index (χ0) is 35.1. The highest BCUT2D eigenvalue weighted by Gasteiger charge is 1.99. The first-order valence-corrected chi connectivity index (χ1v) is 18.8. The Bertz CT molecular complexity index is 767. The molecule has 0 unspecified atom stereocenters. The van der Waals surface area contributed by atoms with Crippen molar-refractivity contribution in [2.75, 3.05) is 132 Å². The van der Waals surface area contributed by atoms with Crippen LogP contribution in [0.25, 0.3) is 0 Å². The lowest BCUT2D eigenvalue weighted by Gasteiger charge is -2.09. The van der Waals surface area contributed by atoms with E-state index < -0.39 is 0 Å². The third-order valence-electron chi connectivity index (χ3n) is 7.14. The quantitative estimate of drug-likeness (QED) is 0.0761. The standard InChI is InChI=1S/C38H70O11/c1-4-5-6-7-8-9-10-11-37-12-14-38(15-13-37)49-35-33-47-31-29-45-27-25-43-23-21-41-19-17-39-16-18-40-20-22-42-24-26-44-28-30-46-32-34-48-36(2)3/h12-15,36H,4-11,16-35H2,1-3H3. The summed E-state index contributed by atoms with van der Waals surface area (Å²) < 4.78 is 60.7. The summed E-state index contributed by atoms with van der Waals surface area (Å²) in [4.78, 5) is 0. The number of unbranched alkanes of at least 4 members (excludes halogenated alkanes) is 6. The van der Waals surface area contributed by atoms with Crippen molar-refractivity contribution in [2.45, 2.75) is 78.2 Å². The molecule has 0 heterocycles. The molecule has 0 amide bonds. The molecule has 49 heavy (non-hydrogen) atoms. The molecule has 0 aliphatic heterocycles. The highest BCUT2D eigenvalue weighted by Crippen LogP contribution is 2.15. The number of ether oxygens (including phenoxy) is 11. The second-order valence-corrected chi connectivity index (χ2v) is 11.8. The highest BCUT2D eigenvalue weighted by molar-refractivity contribution is 5.27. The van der Waals surface area contributed by atoms with E-state index in [2.05, 4.69) is 31.2 Å². The molecule has 0 aliphatic carbocycles. The average Bonchev–Trinajstić information content (AvgIpc) is 3.10. The van der Waals surface area contributed by atoms with Crippen molar-refractivity contribution in [2.24, 2.45) is 0 Å². The fourth-order valence-corrected chi connectivity index (χ4v) is 4.46. The van der Waals surface area contributed by atoms with Crippen LogP contribution in [0.1, 0.15) is 71.3 Å². The molecule has 0 radical (unpaired) electrons. The van der Waals surface area contributed by atoms with E-state index in [9.17, 15) is 0 Å². The molecule has 11 heteroatoms. The van der Waals surface area contributed by atoms with Gasteiger partial charge in [-0.3, -0.25) is 0 Å². The van der Waals surface area contributed by atoms with E-state index in [1.54, 1.807) is 0 Å². The molecule has 288 valence electrons. The maximum absolute atomic E-state index is 5.78. The first-order valence-electron chi connectivity index (χ1n) is 18.8. The van der Waals surface area contributed by atoms with Crippen molar-refractivity contribution >= 4 is 0 Å². The monoisotopic (exact) mass is 702 g/mol. The van der Waals surface area contributed by atoms with E-state index in [-0.39, 0.29) is 6.10 Å². The lowest BCUT2D eigenvalue weighted by atomic mass is 10.0. The molecule has 0 fully saturated rings. The minimum atomic E-state index is 0.233. The van der Waals surface area contributed by atoms with Gasteiger partial charge in [0.15, 0.2) is 0 Å². The normalized spacial score (nSPS) is 11.6. The van der Waals surface area contributed by atoms with Gasteiger partial charge in [0, 0.05) is 0 Å². The molecule has 0 aromatic heterocycles. The fourth-order valence-electron chi connectivity index (χ4n) is 4.46. The molecule has 0 atom stereocenters. The van der Waals surface area contributed by atoms with Crippen molar-refractivity contribution in [1.29, 1.82) is 0 Å². The summed E-state index contributed by atoms with van der Waals surface area (Å²) in [5.41, 5.74) is 1.38. The van der Waals surface area contributed by atoms with E-state index in [4.69, 9.17) is 52.1 Å². The number of hydrogen-bond acceptors (Lipinski definition) is 11. The fraction of sp³-hybridized carbons (Fsp3) is 0.842. The van der Waals surface area contributed by atoms with Gasteiger partial charge in [0.25, 0.3) is 0 Å². The minimum absolute atomic E-state index is 0.233. The second kappa shape index (κ2) is 37.9. The highest BCUT2D eigenvalue weighted by atomic mass is 16.6. The van der Waals surface area contributed by atoms with Crippen LogP contribution in [-0.2, 0) is 53.8 Å². The van der Waals surface area contributed by atoms with Crippen molar-refractivity contribution in [3.63, 3.8) is 0 Å². The van der Waals surface area contributed by atoms with E-state index in [1.165, 1.54) is 50.5 Å². The van der Waals surface area contributed by atoms with Crippen LogP contribution in [-0.4, -0.2) is 138 Å². The van der Waals surface area contributed by atoms with Crippen LogP contribution < -0.4 is 4.74 Å². The van der Waals surface area contributed by atoms with Crippen LogP contribution in [0.15, 0.2) is 24.3 Å². The van der Waals surface area contributed by atoms with Crippen molar-refractivity contribution < 1.29 is 52.1 Å². The van der Waals surface area contributed by atoms with Gasteiger partial charge in [-0.05, 0) is 44.4 Å². The number of hydrogen-bond donors (Lipinski definition) is 0. The van der Waals surface area contributed by atoms with E-state index in [0.717, 1.165) is 12.2 Å². The van der Waals surface area contributed by atoms with Gasteiger partial charge in [0.2, 0.25) is 0 Å². The molecule has 0 bridgehead atoms. The Morgan fingerprint density at radius 3 is 1.08 bits per heavy atom. The molecular weight excluding hydrogens is 632 g/mol. The predicted molar refractivity (Wildman–Crippen MR) is 192 cm³/mol. The predicted octanol–water partition coefficient (Wildman–Crippen LogP) is 5.93. The van der Waals surface area contributed by atoms with Crippen molar-refractivity contribution in [3.8, 4) is 5.75 Å². The summed E-state index contributed by atoms with van der Waals surface area (Å²) in [5.74, 6) is 0.889. The van der Waals surface area contributed by atoms with Gasteiger partial charge < -0.3 is 52.1 Å². The number of benzene rings is 1. The summed E-state index contributed by atoms with van der Waals surface area (Å²) in [6.07, 6.45) is 10.8. The van der Waals surface area contributed by atoms with Gasteiger partial charge in [0.05, 0.1) is 132 Å². The van der Waals surface area contributed by atoms with Gasteiger partial charge in [-0.2, -0.15) is 0 Å². The zero-order valence-corrected chi connectivity index (χ0v) is 31.2. The van der Waals surface area contributed by atoms with E-state index in [1.807, 2.05) is 13.8 Å². The molecule has 0 saturated carbocycles. The summed E-state index contributed by atoms with van der Waals surface area (Å²) in [6.45, 7) is 17.0. The summed E-state index contributed by atoms with van der Waals surface area (Å²) in [7, 11) is 0. The number of rotatable bonds is 40. The van der Waals surface area contributed by atoms with Gasteiger partial charge in [0.1, 0.15) is 12.4 Å². The van der Waals surface area contributed by atoms with Gasteiger partial charge >= 0.3 is 0 Å². The Labute approximate surface area is 297 Å². The van der Waals surface area contributed by atoms with Gasteiger partial charge in [-0.1, -0.05) is 57.6 Å². The maximum Gasteiger partial charge on any atom is 0.119 e. The smallest absolute Gasteiger partial charge is 0.119 e. The molecule has 0 spiro atoms. The van der Waals surface area contributed by atoms with Gasteiger partial charge in [-0.15, -0.1) is 0 Å². The molecule has 11 nitrogen and oxygen atoms in total. The minimum Gasteiger partial charge on any atom is -0.491 e. The van der Waals surface area contributed by atoms with Crippen LogP contribution >= 0.6 is 0 Å². The molecule has 0 saturated heterocycles. The van der Waals surface area contributed by atoms with E-state index in [0.29, 0.717) is 132 Å². The molecule has 1 aromatic rings. The molecule has 1 aromatic carbocycles. The average molecular weight is 703 g/mol. The molecular formula is C38H70O11. The maximum atomic E-state index is 5.78. The first kappa shape index (κ1) is 45.6. The second-order valence-electron chi connectivity index (χ2n) is 11.8. The largest absolute Gasteiger partial charge is 0.491 e. The van der Waals surface area contributed by atoms with Crippen LogP contribution in [0.2, 0.25) is 0 Å². The molecule has 0 aliphatic rings. The lowest BCUT2D eigenvalue weighted by Crippen LogP contribution is -2.15. The van der Waals surface area contributed by atoms with Gasteiger partial charge in [-0.25, -0.2) is 0 Å². The van der Waals surface area contributed by atoms with Crippen LogP contribution in [0.3, 0.4) is 0 Å². The Kier molecular flexibility index (Phi) is 35.3. The van der Waals surface area contributed by atoms with Crippen LogP contribution in [0.4, 0.5) is 0 Å². The first-order chi connectivity index (χ1) is 24.2. The third-order valence-corrected chi connectivity index (χ3v) is 7.14. The topological polar surface area (TPSA) is 102 Å². The summed E-state index contributed by atoms with van der Waals surface area (Å²) in [5, 5.41) is 0. The Balaban J connectivity index is 1.70. The zero-order valence-electron chi connectivity index (χ0n) is 31.2. The lowest BCUT2D eigenvalue weighted by molar-refractivity contribution is -0.0281. The molecule has 0 N–H and O–H groups in total. The molecule has 1 rings (SSSR count). The number of aryl methyl sites for hydroxylation is 1. The third kappa shape index (κ3) is 34.8. The Hall–Kier alpha value is -1.38. The Morgan fingerprint density at radius 2 is 0.714 bits per heavy atom. The van der Waals surface area contributed by atoms with E-state index >= 15 is 0 Å².